The van der Waals surface area contributed by atoms with Gasteiger partial charge in [-0.15, -0.1) is 0 Å². The van der Waals surface area contributed by atoms with E-state index in [4.69, 9.17) is 11.5 Å². The Balaban J connectivity index is 1.58. The van der Waals surface area contributed by atoms with Gasteiger partial charge in [0.05, 0.1) is 29.0 Å². The van der Waals surface area contributed by atoms with Crippen LogP contribution in [0.1, 0.15) is 11.1 Å². The lowest BCUT2D eigenvalue weighted by Crippen LogP contribution is -2.39. The zero-order valence-electron chi connectivity index (χ0n) is 16.6. The number of hydrogen-bond acceptors (Lipinski definition) is 6. The van der Waals surface area contributed by atoms with Crippen molar-refractivity contribution in [3.63, 3.8) is 0 Å². The number of carbonyl (C=O) groups is 2. The minimum Gasteiger partial charge on any atom is -0.399 e. The Morgan fingerprint density at radius 2 is 1.71 bits per heavy atom. The topological polar surface area (TPSA) is 143 Å². The molecular formula is C22H21N7O2. The Kier molecular flexibility index (Phi) is 5.48. The van der Waals surface area contributed by atoms with Gasteiger partial charge in [-0.2, -0.15) is 5.10 Å². The van der Waals surface area contributed by atoms with Gasteiger partial charge < -0.3 is 21.7 Å². The van der Waals surface area contributed by atoms with E-state index in [-0.39, 0.29) is 18.9 Å². The summed E-state index contributed by atoms with van der Waals surface area (Å²) in [6, 6.07) is 16.7. The summed E-state index contributed by atoms with van der Waals surface area (Å²) in [6.07, 6.45) is 2.90. The molecule has 9 nitrogen and oxygen atoms in total. The third-order valence-electron chi connectivity index (χ3n) is 4.79. The Hall–Kier alpha value is -4.40. The lowest BCUT2D eigenvalue weighted by atomic mass is 10.1. The fraction of sp³-hybridized carbons (Fsp3) is 0.0909. The van der Waals surface area contributed by atoms with Gasteiger partial charge in [0.2, 0.25) is 0 Å². The summed E-state index contributed by atoms with van der Waals surface area (Å²) in [5.41, 5.74) is 14.8. The molecule has 0 aliphatic rings. The van der Waals surface area contributed by atoms with E-state index in [1.165, 1.54) is 17.3 Å². The number of aromatic nitrogens is 3. The van der Waals surface area contributed by atoms with Crippen LogP contribution in [0.25, 0.3) is 10.9 Å². The van der Waals surface area contributed by atoms with E-state index < -0.39 is 11.8 Å². The third kappa shape index (κ3) is 4.45. The predicted octanol–water partition coefficient (Wildman–Crippen LogP) is 2.29. The van der Waals surface area contributed by atoms with Gasteiger partial charge >= 0.3 is 11.8 Å². The number of carbonyl (C=O) groups excluding carboxylic acids is 2. The van der Waals surface area contributed by atoms with Gasteiger partial charge in [0.15, 0.2) is 0 Å². The number of nitrogens with two attached hydrogens (primary N) is 2. The van der Waals surface area contributed by atoms with Crippen molar-refractivity contribution in [2.24, 2.45) is 0 Å². The number of aromatic amines is 1. The molecular weight excluding hydrogens is 394 g/mol. The molecule has 2 aromatic heterocycles. The van der Waals surface area contributed by atoms with Crippen LogP contribution in [0.3, 0.4) is 0 Å². The smallest absolute Gasteiger partial charge is 0.314 e. The molecule has 2 amide bonds. The van der Waals surface area contributed by atoms with Crippen molar-refractivity contribution >= 4 is 39.9 Å². The van der Waals surface area contributed by atoms with Crippen LogP contribution < -0.4 is 16.8 Å². The number of nitrogens with one attached hydrogen (secondary N) is 2. The number of anilines is 3. The van der Waals surface area contributed by atoms with Crippen LogP contribution in [0, 0.1) is 0 Å². The van der Waals surface area contributed by atoms with Gasteiger partial charge in [0.25, 0.3) is 0 Å². The van der Waals surface area contributed by atoms with E-state index in [2.05, 4.69) is 20.5 Å². The summed E-state index contributed by atoms with van der Waals surface area (Å²) in [7, 11) is 0. The van der Waals surface area contributed by atoms with Crippen molar-refractivity contribution in [3.05, 3.63) is 78.1 Å². The number of pyridine rings is 1. The summed E-state index contributed by atoms with van der Waals surface area (Å²) >= 11 is 0. The number of amides is 2. The predicted molar refractivity (Wildman–Crippen MR) is 118 cm³/mol. The number of benzene rings is 2. The second kappa shape index (κ2) is 8.54. The van der Waals surface area contributed by atoms with Crippen LogP contribution >= 0.6 is 0 Å². The van der Waals surface area contributed by atoms with Gasteiger partial charge in [-0.3, -0.25) is 14.7 Å². The minimum atomic E-state index is -0.790. The molecule has 31 heavy (non-hydrogen) atoms. The lowest BCUT2D eigenvalue weighted by Gasteiger charge is -2.22. The van der Waals surface area contributed by atoms with E-state index in [1.807, 2.05) is 42.5 Å². The van der Waals surface area contributed by atoms with Crippen molar-refractivity contribution in [3.8, 4) is 0 Å². The first-order chi connectivity index (χ1) is 15.0. The Morgan fingerprint density at radius 3 is 2.48 bits per heavy atom. The quantitative estimate of drug-likeness (QED) is 0.291. The second-order valence-electron chi connectivity index (χ2n) is 7.06. The Morgan fingerprint density at radius 1 is 0.968 bits per heavy atom. The zero-order valence-corrected chi connectivity index (χ0v) is 16.6. The maximum atomic E-state index is 13.1. The number of rotatable bonds is 5. The summed E-state index contributed by atoms with van der Waals surface area (Å²) in [5.74, 6) is -1.20. The minimum absolute atomic E-state index is 0.228. The Bertz CT molecular complexity index is 1240. The van der Waals surface area contributed by atoms with Gasteiger partial charge in [0, 0.05) is 18.8 Å². The van der Waals surface area contributed by atoms with Crippen LogP contribution in [0.2, 0.25) is 0 Å². The highest BCUT2D eigenvalue weighted by Crippen LogP contribution is 2.24. The highest BCUT2D eigenvalue weighted by atomic mass is 16.2. The van der Waals surface area contributed by atoms with Crippen molar-refractivity contribution in [2.45, 2.75) is 13.1 Å². The maximum absolute atomic E-state index is 13.1. The standard InChI is InChI=1S/C22H21N7O2/c23-16-8-4-7-15(9-16)13-29(12-14-5-2-1-3-6-14)22(31)21(30)27-18-11-25-20(24)17-10-26-28-19(17)18/h1-11H,12-13,23H2,(H2,24,25)(H,26,28)(H,27,30). The zero-order chi connectivity index (χ0) is 21.8. The molecule has 0 saturated heterocycles. The molecule has 156 valence electrons. The van der Waals surface area contributed by atoms with E-state index >= 15 is 0 Å². The molecule has 2 heterocycles. The van der Waals surface area contributed by atoms with Crippen LogP contribution in [-0.2, 0) is 22.7 Å². The molecule has 0 bridgehead atoms. The number of nitrogen functional groups attached to an aromatic ring is 2. The molecule has 6 N–H and O–H groups in total. The van der Waals surface area contributed by atoms with Crippen LogP contribution in [-0.4, -0.2) is 31.9 Å². The molecule has 0 fully saturated rings. The monoisotopic (exact) mass is 415 g/mol. The average Bonchev–Trinajstić information content (AvgIpc) is 3.27. The number of hydrogen-bond donors (Lipinski definition) is 4. The molecule has 2 aromatic carbocycles. The largest absolute Gasteiger partial charge is 0.399 e. The van der Waals surface area contributed by atoms with Gasteiger partial charge in [-0.25, -0.2) is 4.98 Å². The van der Waals surface area contributed by atoms with Gasteiger partial charge in [-0.05, 0) is 23.3 Å². The van der Waals surface area contributed by atoms with Crippen LogP contribution in [0.4, 0.5) is 17.2 Å². The highest BCUT2D eigenvalue weighted by Gasteiger charge is 2.24. The molecule has 0 spiro atoms. The number of H-pyrrole nitrogens is 1. The van der Waals surface area contributed by atoms with E-state index in [9.17, 15) is 9.59 Å². The number of nitrogens with zero attached hydrogens (tertiary/aromatic N) is 3. The van der Waals surface area contributed by atoms with Gasteiger partial charge in [0.1, 0.15) is 5.82 Å². The molecule has 0 saturated carbocycles. The normalized spacial score (nSPS) is 10.7. The van der Waals surface area contributed by atoms with E-state index in [0.717, 1.165) is 11.1 Å². The molecule has 0 atom stereocenters. The first-order valence-electron chi connectivity index (χ1n) is 9.57. The highest BCUT2D eigenvalue weighted by molar-refractivity contribution is 6.40. The van der Waals surface area contributed by atoms with Crippen molar-refractivity contribution < 1.29 is 9.59 Å². The first-order valence-corrected chi connectivity index (χ1v) is 9.57. The van der Waals surface area contributed by atoms with Crippen molar-refractivity contribution in [2.75, 3.05) is 16.8 Å². The molecule has 9 heteroatoms. The van der Waals surface area contributed by atoms with E-state index in [0.29, 0.717) is 22.3 Å². The molecule has 0 radical (unpaired) electrons. The van der Waals surface area contributed by atoms with Crippen LogP contribution in [0.5, 0.6) is 0 Å². The average molecular weight is 415 g/mol. The Labute approximate surface area is 178 Å². The fourth-order valence-electron chi connectivity index (χ4n) is 3.28. The molecule has 4 aromatic rings. The second-order valence-corrected chi connectivity index (χ2v) is 7.06. The molecule has 0 unspecified atom stereocenters. The number of fused-ring (bicyclic) bond motifs is 1. The lowest BCUT2D eigenvalue weighted by molar-refractivity contribution is -0.144. The van der Waals surface area contributed by atoms with E-state index in [1.54, 1.807) is 12.1 Å². The molecule has 0 aliphatic heterocycles. The van der Waals surface area contributed by atoms with Crippen LogP contribution in [0.15, 0.2) is 67.0 Å². The summed E-state index contributed by atoms with van der Waals surface area (Å²) < 4.78 is 0. The molecule has 4 rings (SSSR count). The van der Waals surface area contributed by atoms with Crippen molar-refractivity contribution in [1.82, 2.24) is 20.1 Å². The summed E-state index contributed by atoms with van der Waals surface area (Å²) in [4.78, 5) is 31.4. The van der Waals surface area contributed by atoms with Crippen molar-refractivity contribution in [1.29, 1.82) is 0 Å². The third-order valence-corrected chi connectivity index (χ3v) is 4.79. The maximum Gasteiger partial charge on any atom is 0.314 e. The summed E-state index contributed by atoms with van der Waals surface area (Å²) in [5, 5.41) is 9.87. The first kappa shape index (κ1) is 19.9. The van der Waals surface area contributed by atoms with Gasteiger partial charge in [-0.1, -0.05) is 42.5 Å². The fourth-order valence-corrected chi connectivity index (χ4v) is 3.28. The molecule has 0 aliphatic carbocycles. The SMILES string of the molecule is Nc1cccc(CN(Cc2ccccc2)C(=O)C(=O)Nc2cnc(N)c3cn[nH]c23)c1. The summed E-state index contributed by atoms with van der Waals surface area (Å²) in [6.45, 7) is 0.493.